The highest BCUT2D eigenvalue weighted by Gasteiger charge is 2.31. The van der Waals surface area contributed by atoms with E-state index in [1.54, 1.807) is 6.07 Å². The van der Waals surface area contributed by atoms with Gasteiger partial charge in [-0.05, 0) is 79.8 Å². The molecule has 3 rings (SSSR count). The molecule has 2 aromatic rings. The predicted molar refractivity (Wildman–Crippen MR) is 118 cm³/mol. The van der Waals surface area contributed by atoms with Crippen LogP contribution in [0.2, 0.25) is 0 Å². The molecular weight excluding hydrogens is 366 g/mol. The van der Waals surface area contributed by atoms with Crippen LogP contribution in [0.25, 0.3) is 0 Å². The maximum absolute atomic E-state index is 10.1. The summed E-state index contributed by atoms with van der Waals surface area (Å²) >= 11 is 1.81. The first-order valence-electron chi connectivity index (χ1n) is 10.1. The molecule has 0 atom stereocenters. The second-order valence-corrected chi connectivity index (χ2v) is 9.69. The number of benzene rings is 2. The van der Waals surface area contributed by atoms with Gasteiger partial charge in [0, 0.05) is 23.5 Å². The lowest BCUT2D eigenvalue weighted by Crippen LogP contribution is -2.40. The van der Waals surface area contributed by atoms with Gasteiger partial charge in [0.05, 0.1) is 6.61 Å². The molecule has 0 saturated carbocycles. The number of fused-ring (bicyclic) bond motifs is 1. The molecule has 1 heterocycles. The third kappa shape index (κ3) is 5.03. The van der Waals surface area contributed by atoms with E-state index < -0.39 is 0 Å². The summed E-state index contributed by atoms with van der Waals surface area (Å²) < 4.78 is 5.77. The molecule has 0 saturated heterocycles. The summed E-state index contributed by atoms with van der Waals surface area (Å²) in [5.41, 5.74) is 4.25. The molecule has 0 radical (unpaired) electrons. The van der Waals surface area contributed by atoms with Crippen LogP contribution in [-0.4, -0.2) is 28.4 Å². The number of thioether (sulfide) groups is 1. The van der Waals surface area contributed by atoms with Gasteiger partial charge in [0.1, 0.15) is 0 Å². The van der Waals surface area contributed by atoms with Gasteiger partial charge in [0.2, 0.25) is 0 Å². The van der Waals surface area contributed by atoms with Crippen molar-refractivity contribution in [2.24, 2.45) is 5.92 Å². The Kier molecular flexibility index (Phi) is 6.61. The second kappa shape index (κ2) is 8.79. The van der Waals surface area contributed by atoms with Crippen LogP contribution in [0.5, 0.6) is 11.5 Å². The lowest BCUT2D eigenvalue weighted by atomic mass is 9.93. The molecule has 0 bridgehead atoms. The van der Waals surface area contributed by atoms with Gasteiger partial charge in [-0.15, -0.1) is 11.8 Å². The Hall–Kier alpha value is -1.65. The maximum Gasteiger partial charge on any atom is 0.161 e. The Bertz CT molecular complexity index is 816. The molecule has 0 aromatic heterocycles. The number of nitrogens with zero attached hydrogens (tertiary/aromatic N) is 1. The van der Waals surface area contributed by atoms with E-state index in [0.29, 0.717) is 18.3 Å². The smallest absolute Gasteiger partial charge is 0.161 e. The molecule has 1 N–H and O–H groups in total. The van der Waals surface area contributed by atoms with E-state index in [-0.39, 0.29) is 11.3 Å². The first-order valence-corrected chi connectivity index (χ1v) is 11.4. The molecule has 3 nitrogen and oxygen atoms in total. The maximum atomic E-state index is 10.1. The molecular formula is C24H33NO2S. The topological polar surface area (TPSA) is 32.7 Å². The number of ether oxygens (including phenoxy) is 1. The summed E-state index contributed by atoms with van der Waals surface area (Å²) in [5, 5.41) is 10.1. The van der Waals surface area contributed by atoms with E-state index in [0.717, 1.165) is 25.9 Å². The highest BCUT2D eigenvalue weighted by molar-refractivity contribution is 7.98. The number of aryl methyl sites for hydroxylation is 1. The number of phenols is 1. The van der Waals surface area contributed by atoms with Crippen molar-refractivity contribution in [3.8, 4) is 11.5 Å². The Morgan fingerprint density at radius 1 is 1.11 bits per heavy atom. The summed E-state index contributed by atoms with van der Waals surface area (Å²) in [6.07, 6.45) is 4.16. The normalized spacial score (nSPS) is 14.5. The standard InChI is InChI=1S/C24H33NO2S/c1-17(2)16-27-23-12-18(6-9-22(23)26)10-11-24(3,4)25-14-19-7-8-21(28-5)13-20(19)15-25/h6-9,12-13,17,26H,10-11,14-16H2,1-5H3. The van der Waals surface area contributed by atoms with Crippen molar-refractivity contribution in [3.05, 3.63) is 53.1 Å². The number of phenolic OH excluding ortho intramolecular Hbond substituents is 1. The SMILES string of the molecule is CSc1ccc2c(c1)CN(C(C)(C)CCc1ccc(O)c(OCC(C)C)c1)C2. The molecule has 2 aromatic carbocycles. The largest absolute Gasteiger partial charge is 0.504 e. The quantitative estimate of drug-likeness (QED) is 0.562. The van der Waals surface area contributed by atoms with Crippen molar-refractivity contribution in [2.45, 2.75) is 64.1 Å². The summed E-state index contributed by atoms with van der Waals surface area (Å²) in [5.74, 6) is 1.26. The van der Waals surface area contributed by atoms with Crippen LogP contribution < -0.4 is 4.74 Å². The predicted octanol–water partition coefficient (Wildman–Crippen LogP) is 5.88. The van der Waals surface area contributed by atoms with Crippen molar-refractivity contribution < 1.29 is 9.84 Å². The van der Waals surface area contributed by atoms with E-state index in [9.17, 15) is 5.11 Å². The van der Waals surface area contributed by atoms with E-state index in [1.165, 1.54) is 21.6 Å². The third-order valence-corrected chi connectivity index (χ3v) is 6.34. The van der Waals surface area contributed by atoms with E-state index in [2.05, 4.69) is 57.0 Å². The summed E-state index contributed by atoms with van der Waals surface area (Å²) in [6, 6.07) is 12.6. The molecule has 0 aliphatic carbocycles. The van der Waals surface area contributed by atoms with Gasteiger partial charge in [-0.2, -0.15) is 0 Å². The molecule has 28 heavy (non-hydrogen) atoms. The first kappa shape index (κ1) is 21.1. The van der Waals surface area contributed by atoms with Gasteiger partial charge < -0.3 is 9.84 Å². The molecule has 0 spiro atoms. The highest BCUT2D eigenvalue weighted by Crippen LogP contribution is 2.34. The zero-order chi connectivity index (χ0) is 20.3. The minimum atomic E-state index is 0.107. The minimum absolute atomic E-state index is 0.107. The molecule has 0 amide bonds. The fourth-order valence-corrected chi connectivity index (χ4v) is 4.08. The Balaban J connectivity index is 1.63. The van der Waals surface area contributed by atoms with E-state index in [4.69, 9.17) is 4.74 Å². The lowest BCUT2D eigenvalue weighted by Gasteiger charge is -2.35. The van der Waals surface area contributed by atoms with Crippen molar-refractivity contribution in [1.29, 1.82) is 0 Å². The van der Waals surface area contributed by atoms with Gasteiger partial charge in [-0.1, -0.05) is 26.0 Å². The van der Waals surface area contributed by atoms with E-state index >= 15 is 0 Å². The number of hydrogen-bond donors (Lipinski definition) is 1. The van der Waals surface area contributed by atoms with Crippen LogP contribution in [0.4, 0.5) is 0 Å². The van der Waals surface area contributed by atoms with Crippen LogP contribution in [0.15, 0.2) is 41.3 Å². The summed E-state index contributed by atoms with van der Waals surface area (Å²) in [6.45, 7) is 11.6. The van der Waals surface area contributed by atoms with Gasteiger partial charge in [-0.25, -0.2) is 0 Å². The number of rotatable bonds is 8. The average Bonchev–Trinajstić information content (AvgIpc) is 3.10. The minimum Gasteiger partial charge on any atom is -0.504 e. The summed E-state index contributed by atoms with van der Waals surface area (Å²) in [4.78, 5) is 3.93. The van der Waals surface area contributed by atoms with Crippen molar-refractivity contribution in [3.63, 3.8) is 0 Å². The van der Waals surface area contributed by atoms with Crippen molar-refractivity contribution in [1.82, 2.24) is 4.90 Å². The molecule has 1 aliphatic heterocycles. The Morgan fingerprint density at radius 2 is 1.86 bits per heavy atom. The van der Waals surface area contributed by atoms with Crippen molar-refractivity contribution >= 4 is 11.8 Å². The summed E-state index contributed by atoms with van der Waals surface area (Å²) in [7, 11) is 0. The zero-order valence-electron chi connectivity index (χ0n) is 17.8. The molecule has 1 aliphatic rings. The molecule has 0 fully saturated rings. The average molecular weight is 400 g/mol. The molecule has 0 unspecified atom stereocenters. The fraction of sp³-hybridized carbons (Fsp3) is 0.500. The monoisotopic (exact) mass is 399 g/mol. The van der Waals surface area contributed by atoms with Crippen LogP contribution in [0.1, 0.15) is 50.8 Å². The Morgan fingerprint density at radius 3 is 2.57 bits per heavy atom. The fourth-order valence-electron chi connectivity index (χ4n) is 3.62. The Labute approximate surface area is 174 Å². The second-order valence-electron chi connectivity index (χ2n) is 8.81. The molecule has 152 valence electrons. The first-order chi connectivity index (χ1) is 13.3. The van der Waals surface area contributed by atoms with Gasteiger partial charge in [-0.3, -0.25) is 4.90 Å². The van der Waals surface area contributed by atoms with Gasteiger partial charge in [0.25, 0.3) is 0 Å². The van der Waals surface area contributed by atoms with Crippen LogP contribution in [-0.2, 0) is 19.5 Å². The third-order valence-electron chi connectivity index (χ3n) is 5.61. The zero-order valence-corrected chi connectivity index (χ0v) is 18.6. The van der Waals surface area contributed by atoms with Crippen LogP contribution >= 0.6 is 11.8 Å². The molecule has 4 heteroatoms. The van der Waals surface area contributed by atoms with Crippen LogP contribution in [0, 0.1) is 5.92 Å². The number of aromatic hydroxyl groups is 1. The highest BCUT2D eigenvalue weighted by atomic mass is 32.2. The van der Waals surface area contributed by atoms with Crippen molar-refractivity contribution in [2.75, 3.05) is 12.9 Å². The van der Waals surface area contributed by atoms with Crippen LogP contribution in [0.3, 0.4) is 0 Å². The van der Waals surface area contributed by atoms with Gasteiger partial charge in [0.15, 0.2) is 11.5 Å². The lowest BCUT2D eigenvalue weighted by molar-refractivity contribution is 0.109. The van der Waals surface area contributed by atoms with Gasteiger partial charge >= 0.3 is 0 Å². The number of hydrogen-bond acceptors (Lipinski definition) is 4. The van der Waals surface area contributed by atoms with E-state index in [1.807, 2.05) is 23.9 Å².